The molecule has 1 heterocycles. The molecule has 2 nitrogen and oxygen atoms in total. The van der Waals surface area contributed by atoms with Crippen molar-refractivity contribution in [2.75, 3.05) is 0 Å². The van der Waals surface area contributed by atoms with Gasteiger partial charge in [-0.1, -0.05) is 23.7 Å². The summed E-state index contributed by atoms with van der Waals surface area (Å²) in [5.41, 5.74) is 2.02. The smallest absolute Gasteiger partial charge is 0.0947 e. The van der Waals surface area contributed by atoms with Crippen molar-refractivity contribution in [2.24, 2.45) is 0 Å². The van der Waals surface area contributed by atoms with Gasteiger partial charge in [0.25, 0.3) is 0 Å². The third-order valence-corrected chi connectivity index (χ3v) is 2.05. The lowest BCUT2D eigenvalue weighted by molar-refractivity contribution is 1.07. The Hall–Kier alpha value is -1.15. The second-order valence-corrected chi connectivity index (χ2v) is 3.12. The van der Waals surface area contributed by atoms with E-state index in [0.29, 0.717) is 5.02 Å². The molecular formula is C9H7ClN2. The van der Waals surface area contributed by atoms with Gasteiger partial charge in [-0.2, -0.15) is 10.2 Å². The molecule has 0 unspecified atom stereocenters. The van der Waals surface area contributed by atoms with Crippen LogP contribution < -0.4 is 0 Å². The molecule has 12 heavy (non-hydrogen) atoms. The molecule has 0 fully saturated rings. The zero-order valence-electron chi connectivity index (χ0n) is 6.58. The topological polar surface area (TPSA) is 25.8 Å². The molecule has 0 saturated heterocycles. The first-order valence-electron chi connectivity index (χ1n) is 3.65. The summed E-state index contributed by atoms with van der Waals surface area (Å²) < 4.78 is 0. The summed E-state index contributed by atoms with van der Waals surface area (Å²) in [6.07, 6.45) is 1.55. The fourth-order valence-corrected chi connectivity index (χ4v) is 1.34. The van der Waals surface area contributed by atoms with Gasteiger partial charge in [0.15, 0.2) is 0 Å². The highest BCUT2D eigenvalue weighted by Crippen LogP contribution is 2.20. The summed E-state index contributed by atoms with van der Waals surface area (Å²) in [6.45, 7) is 2.02. The largest absolute Gasteiger partial charge is 0.157 e. The highest BCUT2D eigenvalue weighted by atomic mass is 35.5. The van der Waals surface area contributed by atoms with Crippen molar-refractivity contribution in [1.29, 1.82) is 0 Å². The summed E-state index contributed by atoms with van der Waals surface area (Å²) in [5.74, 6) is 0. The van der Waals surface area contributed by atoms with E-state index in [-0.39, 0.29) is 0 Å². The Morgan fingerprint density at radius 1 is 1.33 bits per heavy atom. The van der Waals surface area contributed by atoms with Gasteiger partial charge in [0, 0.05) is 5.39 Å². The monoisotopic (exact) mass is 178 g/mol. The highest BCUT2D eigenvalue weighted by Gasteiger charge is 1.99. The number of aryl methyl sites for hydroxylation is 1. The molecular weight excluding hydrogens is 172 g/mol. The zero-order valence-corrected chi connectivity index (χ0v) is 7.34. The molecule has 0 bridgehead atoms. The SMILES string of the molecule is Cc1ccc2c(Cl)cnnc2c1. The van der Waals surface area contributed by atoms with Crippen LogP contribution in [-0.4, -0.2) is 10.2 Å². The molecule has 2 aromatic rings. The second kappa shape index (κ2) is 2.72. The van der Waals surface area contributed by atoms with Crippen molar-refractivity contribution in [3.05, 3.63) is 35.0 Å². The van der Waals surface area contributed by atoms with E-state index in [2.05, 4.69) is 10.2 Å². The molecule has 0 N–H and O–H groups in total. The third-order valence-electron chi connectivity index (χ3n) is 1.75. The minimum atomic E-state index is 0.653. The normalized spacial score (nSPS) is 10.5. The summed E-state index contributed by atoms with van der Waals surface area (Å²) >= 11 is 5.91. The van der Waals surface area contributed by atoms with Crippen LogP contribution in [0.3, 0.4) is 0 Å². The van der Waals surface area contributed by atoms with E-state index in [4.69, 9.17) is 11.6 Å². The molecule has 0 saturated carbocycles. The molecule has 0 radical (unpaired) electrons. The Morgan fingerprint density at radius 3 is 3.00 bits per heavy atom. The number of nitrogens with zero attached hydrogens (tertiary/aromatic N) is 2. The van der Waals surface area contributed by atoms with E-state index in [1.165, 1.54) is 5.56 Å². The number of hydrogen-bond donors (Lipinski definition) is 0. The molecule has 1 aromatic carbocycles. The van der Waals surface area contributed by atoms with E-state index < -0.39 is 0 Å². The second-order valence-electron chi connectivity index (χ2n) is 2.71. The van der Waals surface area contributed by atoms with Crippen LogP contribution in [0.25, 0.3) is 10.9 Å². The molecule has 0 atom stereocenters. The summed E-state index contributed by atoms with van der Waals surface area (Å²) in [7, 11) is 0. The van der Waals surface area contributed by atoms with Gasteiger partial charge >= 0.3 is 0 Å². The number of hydrogen-bond acceptors (Lipinski definition) is 2. The minimum absolute atomic E-state index is 0.653. The standard InChI is InChI=1S/C9H7ClN2/c1-6-2-3-7-8(10)5-11-12-9(7)4-6/h2-5H,1H3. The van der Waals surface area contributed by atoms with Gasteiger partial charge in [-0.25, -0.2) is 0 Å². The first-order chi connectivity index (χ1) is 5.77. The van der Waals surface area contributed by atoms with Gasteiger partial charge in [-0.15, -0.1) is 0 Å². The predicted molar refractivity (Wildman–Crippen MR) is 49.3 cm³/mol. The van der Waals surface area contributed by atoms with Gasteiger partial charge in [0.2, 0.25) is 0 Å². The van der Waals surface area contributed by atoms with Gasteiger partial charge < -0.3 is 0 Å². The molecule has 0 amide bonds. The van der Waals surface area contributed by atoms with Crippen LogP contribution >= 0.6 is 11.6 Å². The minimum Gasteiger partial charge on any atom is -0.157 e. The average molecular weight is 179 g/mol. The zero-order chi connectivity index (χ0) is 8.55. The molecule has 0 aliphatic rings. The Labute approximate surface area is 75.2 Å². The quantitative estimate of drug-likeness (QED) is 0.620. The molecule has 0 aliphatic carbocycles. The van der Waals surface area contributed by atoms with E-state index >= 15 is 0 Å². The van der Waals surface area contributed by atoms with Crippen LogP contribution in [0, 0.1) is 6.92 Å². The van der Waals surface area contributed by atoms with Gasteiger partial charge in [-0.05, 0) is 18.6 Å². The maximum Gasteiger partial charge on any atom is 0.0947 e. The van der Waals surface area contributed by atoms with Gasteiger partial charge in [0.05, 0.1) is 16.7 Å². The Bertz CT molecular complexity index is 426. The van der Waals surface area contributed by atoms with Crippen molar-refractivity contribution < 1.29 is 0 Å². The number of benzene rings is 1. The summed E-state index contributed by atoms with van der Waals surface area (Å²) in [6, 6.07) is 5.94. The molecule has 0 aliphatic heterocycles. The number of rotatable bonds is 0. The Morgan fingerprint density at radius 2 is 2.17 bits per heavy atom. The van der Waals surface area contributed by atoms with Crippen molar-refractivity contribution in [3.63, 3.8) is 0 Å². The fourth-order valence-electron chi connectivity index (χ4n) is 1.14. The van der Waals surface area contributed by atoms with E-state index in [9.17, 15) is 0 Å². The third kappa shape index (κ3) is 1.14. The number of halogens is 1. The van der Waals surface area contributed by atoms with Crippen LogP contribution in [0.5, 0.6) is 0 Å². The first-order valence-corrected chi connectivity index (χ1v) is 4.03. The molecule has 1 aromatic heterocycles. The molecule has 3 heteroatoms. The maximum atomic E-state index is 5.91. The lowest BCUT2D eigenvalue weighted by Crippen LogP contribution is -1.84. The highest BCUT2D eigenvalue weighted by molar-refractivity contribution is 6.35. The molecule has 60 valence electrons. The van der Waals surface area contributed by atoms with E-state index in [0.717, 1.165) is 10.9 Å². The molecule has 2 rings (SSSR count). The Kier molecular flexibility index (Phi) is 1.70. The summed E-state index contributed by atoms with van der Waals surface area (Å²) in [4.78, 5) is 0. The van der Waals surface area contributed by atoms with Crippen LogP contribution in [0.2, 0.25) is 5.02 Å². The van der Waals surface area contributed by atoms with Crippen molar-refractivity contribution >= 4 is 22.5 Å². The fraction of sp³-hybridized carbons (Fsp3) is 0.111. The van der Waals surface area contributed by atoms with Crippen LogP contribution in [0.15, 0.2) is 24.4 Å². The maximum absolute atomic E-state index is 5.91. The van der Waals surface area contributed by atoms with E-state index in [1.54, 1.807) is 6.20 Å². The lowest BCUT2D eigenvalue weighted by Gasteiger charge is -1.98. The van der Waals surface area contributed by atoms with Gasteiger partial charge in [0.1, 0.15) is 0 Å². The molecule has 0 spiro atoms. The van der Waals surface area contributed by atoms with Crippen molar-refractivity contribution in [1.82, 2.24) is 10.2 Å². The predicted octanol–water partition coefficient (Wildman–Crippen LogP) is 2.59. The average Bonchev–Trinajstić information content (AvgIpc) is 2.04. The number of fused-ring (bicyclic) bond motifs is 1. The van der Waals surface area contributed by atoms with Crippen LogP contribution in [-0.2, 0) is 0 Å². The van der Waals surface area contributed by atoms with Gasteiger partial charge in [-0.3, -0.25) is 0 Å². The van der Waals surface area contributed by atoms with Crippen molar-refractivity contribution in [3.8, 4) is 0 Å². The van der Waals surface area contributed by atoms with Crippen LogP contribution in [0.1, 0.15) is 5.56 Å². The number of aromatic nitrogens is 2. The first kappa shape index (κ1) is 7.50. The summed E-state index contributed by atoms with van der Waals surface area (Å²) in [5, 5.41) is 9.35. The van der Waals surface area contributed by atoms with Crippen molar-refractivity contribution in [2.45, 2.75) is 6.92 Å². The van der Waals surface area contributed by atoms with Crippen LogP contribution in [0.4, 0.5) is 0 Å². The van der Waals surface area contributed by atoms with E-state index in [1.807, 2.05) is 25.1 Å². The Balaban J connectivity index is 2.86. The lowest BCUT2D eigenvalue weighted by atomic mass is 10.2.